The van der Waals surface area contributed by atoms with E-state index >= 15 is 0 Å². The van der Waals surface area contributed by atoms with Gasteiger partial charge in [0.05, 0.1) is 0 Å². The predicted octanol–water partition coefficient (Wildman–Crippen LogP) is 3.52. The van der Waals surface area contributed by atoms with Crippen LogP contribution < -0.4 is 10.2 Å². The summed E-state index contributed by atoms with van der Waals surface area (Å²) in [4.78, 5) is 7.19. The molecule has 1 saturated heterocycles. The summed E-state index contributed by atoms with van der Waals surface area (Å²) in [7, 11) is 0. The van der Waals surface area contributed by atoms with Crippen molar-refractivity contribution in [1.82, 2.24) is 10.3 Å². The summed E-state index contributed by atoms with van der Waals surface area (Å²) in [5.74, 6) is 1.18. The molecule has 1 fully saturated rings. The third kappa shape index (κ3) is 3.95. The zero-order valence-electron chi connectivity index (χ0n) is 13.5. The average Bonchev–Trinajstić information content (AvgIpc) is 2.38. The summed E-state index contributed by atoms with van der Waals surface area (Å²) in [6, 6.07) is 2.28. The van der Waals surface area contributed by atoms with Crippen molar-refractivity contribution in [2.75, 3.05) is 24.5 Å². The number of piperidine rings is 1. The van der Waals surface area contributed by atoms with Crippen molar-refractivity contribution >= 4 is 5.82 Å². The Labute approximate surface area is 123 Å². The minimum absolute atomic E-state index is 0.410. The number of hydrogen-bond donors (Lipinski definition) is 1. The monoisotopic (exact) mass is 275 g/mol. The van der Waals surface area contributed by atoms with Crippen molar-refractivity contribution in [1.29, 1.82) is 0 Å². The number of nitrogens with zero attached hydrogens (tertiary/aromatic N) is 2. The van der Waals surface area contributed by atoms with Crippen molar-refractivity contribution < 1.29 is 0 Å². The molecule has 1 aromatic rings. The molecule has 1 aliphatic heterocycles. The first kappa shape index (κ1) is 15.3. The topological polar surface area (TPSA) is 28.2 Å². The molecule has 3 nitrogen and oxygen atoms in total. The maximum atomic E-state index is 4.73. The number of aromatic nitrogens is 1. The van der Waals surface area contributed by atoms with Crippen molar-refractivity contribution in [3.63, 3.8) is 0 Å². The summed E-state index contributed by atoms with van der Waals surface area (Å²) in [6.07, 6.45) is 5.80. The van der Waals surface area contributed by atoms with E-state index in [0.717, 1.165) is 26.2 Å². The Balaban J connectivity index is 2.05. The number of rotatable bonds is 5. The van der Waals surface area contributed by atoms with Crippen LogP contribution in [0.5, 0.6) is 0 Å². The van der Waals surface area contributed by atoms with Crippen molar-refractivity contribution in [2.45, 2.75) is 53.5 Å². The van der Waals surface area contributed by atoms with Crippen LogP contribution >= 0.6 is 0 Å². The van der Waals surface area contributed by atoms with E-state index in [1.807, 2.05) is 6.20 Å². The van der Waals surface area contributed by atoms with Crippen LogP contribution in [-0.2, 0) is 6.54 Å². The second-order valence-electron chi connectivity index (χ2n) is 6.85. The van der Waals surface area contributed by atoms with Gasteiger partial charge in [-0.3, -0.25) is 0 Å². The fourth-order valence-electron chi connectivity index (χ4n) is 3.07. The van der Waals surface area contributed by atoms with Gasteiger partial charge < -0.3 is 10.2 Å². The van der Waals surface area contributed by atoms with Crippen molar-refractivity contribution in [2.24, 2.45) is 5.41 Å². The number of hydrogen-bond acceptors (Lipinski definition) is 3. The van der Waals surface area contributed by atoms with Gasteiger partial charge in [-0.15, -0.1) is 0 Å². The molecule has 0 aromatic carbocycles. The van der Waals surface area contributed by atoms with E-state index in [1.54, 1.807) is 0 Å². The first-order valence-corrected chi connectivity index (χ1v) is 7.93. The Morgan fingerprint density at radius 3 is 2.85 bits per heavy atom. The molecule has 0 saturated carbocycles. The van der Waals surface area contributed by atoms with Gasteiger partial charge in [0.2, 0.25) is 0 Å². The molecule has 1 N–H and O–H groups in total. The van der Waals surface area contributed by atoms with Crippen LogP contribution in [0.3, 0.4) is 0 Å². The molecule has 0 amide bonds. The quantitative estimate of drug-likeness (QED) is 0.833. The Kier molecular flexibility index (Phi) is 5.03. The van der Waals surface area contributed by atoms with E-state index in [1.165, 1.54) is 36.2 Å². The van der Waals surface area contributed by atoms with Crippen LogP contribution in [0, 0.1) is 12.3 Å². The first-order chi connectivity index (χ1) is 9.52. The molecule has 3 heteroatoms. The summed E-state index contributed by atoms with van der Waals surface area (Å²) < 4.78 is 0. The zero-order chi connectivity index (χ0) is 14.6. The Morgan fingerprint density at radius 2 is 2.20 bits per heavy atom. The minimum Gasteiger partial charge on any atom is -0.356 e. The zero-order valence-corrected chi connectivity index (χ0v) is 13.5. The lowest BCUT2D eigenvalue weighted by Gasteiger charge is -2.39. The number of anilines is 1. The van der Waals surface area contributed by atoms with E-state index in [9.17, 15) is 0 Å². The van der Waals surface area contributed by atoms with Gasteiger partial charge in [-0.2, -0.15) is 0 Å². The number of aryl methyl sites for hydroxylation is 1. The number of pyridine rings is 1. The molecule has 0 unspecified atom stereocenters. The van der Waals surface area contributed by atoms with Gasteiger partial charge >= 0.3 is 0 Å². The van der Waals surface area contributed by atoms with E-state index in [0.29, 0.717) is 5.41 Å². The largest absolute Gasteiger partial charge is 0.356 e. The maximum absolute atomic E-state index is 4.73. The third-order valence-corrected chi connectivity index (χ3v) is 4.06. The highest BCUT2D eigenvalue weighted by Gasteiger charge is 2.27. The lowest BCUT2D eigenvalue weighted by Crippen LogP contribution is -2.40. The highest BCUT2D eigenvalue weighted by Crippen LogP contribution is 2.32. The average molecular weight is 275 g/mol. The highest BCUT2D eigenvalue weighted by molar-refractivity contribution is 5.48. The molecule has 2 rings (SSSR count). The molecule has 1 aliphatic rings. The molecule has 0 aliphatic carbocycles. The normalized spacial score (nSPS) is 18.3. The second-order valence-corrected chi connectivity index (χ2v) is 6.85. The highest BCUT2D eigenvalue weighted by atomic mass is 15.2. The standard InChI is InChI=1S/C17H29N3/c1-5-8-18-11-15-10-14(2)16(19-12-15)20-9-6-7-17(3,4)13-20/h10,12,18H,5-9,11,13H2,1-4H3. The first-order valence-electron chi connectivity index (χ1n) is 7.93. The lowest BCUT2D eigenvalue weighted by molar-refractivity contribution is 0.292. The third-order valence-electron chi connectivity index (χ3n) is 4.06. The van der Waals surface area contributed by atoms with E-state index in [4.69, 9.17) is 4.98 Å². The Bertz CT molecular complexity index is 440. The van der Waals surface area contributed by atoms with Crippen molar-refractivity contribution in [3.8, 4) is 0 Å². The SMILES string of the molecule is CCCNCc1cnc(N2CCCC(C)(C)C2)c(C)c1. The van der Waals surface area contributed by atoms with Gasteiger partial charge in [0.25, 0.3) is 0 Å². The fourth-order valence-corrected chi connectivity index (χ4v) is 3.07. The maximum Gasteiger partial charge on any atom is 0.131 e. The smallest absolute Gasteiger partial charge is 0.131 e. The molecule has 112 valence electrons. The van der Waals surface area contributed by atoms with Crippen LogP contribution in [0.4, 0.5) is 5.82 Å². The molecule has 0 atom stereocenters. The van der Waals surface area contributed by atoms with Gasteiger partial charge in [-0.25, -0.2) is 4.98 Å². The molecular formula is C17H29N3. The molecule has 0 radical (unpaired) electrons. The Hall–Kier alpha value is -1.09. The molecule has 20 heavy (non-hydrogen) atoms. The summed E-state index contributed by atoms with van der Waals surface area (Å²) >= 11 is 0. The van der Waals surface area contributed by atoms with Gasteiger partial charge in [0.15, 0.2) is 0 Å². The van der Waals surface area contributed by atoms with E-state index < -0.39 is 0 Å². The molecular weight excluding hydrogens is 246 g/mol. The second kappa shape index (κ2) is 6.57. The summed E-state index contributed by atoms with van der Waals surface area (Å²) in [5, 5.41) is 3.44. The molecule has 0 bridgehead atoms. The lowest BCUT2D eigenvalue weighted by atomic mass is 9.84. The van der Waals surface area contributed by atoms with Crippen LogP contribution in [-0.4, -0.2) is 24.6 Å². The Morgan fingerprint density at radius 1 is 1.40 bits per heavy atom. The minimum atomic E-state index is 0.410. The van der Waals surface area contributed by atoms with E-state index in [-0.39, 0.29) is 0 Å². The number of nitrogens with one attached hydrogen (secondary N) is 1. The van der Waals surface area contributed by atoms with Gasteiger partial charge in [0, 0.05) is 25.8 Å². The van der Waals surface area contributed by atoms with Gasteiger partial charge in [0.1, 0.15) is 5.82 Å². The van der Waals surface area contributed by atoms with Gasteiger partial charge in [-0.1, -0.05) is 20.8 Å². The van der Waals surface area contributed by atoms with Crippen molar-refractivity contribution in [3.05, 3.63) is 23.4 Å². The van der Waals surface area contributed by atoms with E-state index in [2.05, 4.69) is 44.0 Å². The van der Waals surface area contributed by atoms with Crippen LogP contribution in [0.25, 0.3) is 0 Å². The molecule has 1 aromatic heterocycles. The predicted molar refractivity (Wildman–Crippen MR) is 86.2 cm³/mol. The van der Waals surface area contributed by atoms with Gasteiger partial charge in [-0.05, 0) is 55.3 Å². The summed E-state index contributed by atoms with van der Waals surface area (Å²) in [5.41, 5.74) is 3.00. The summed E-state index contributed by atoms with van der Waals surface area (Å²) in [6.45, 7) is 13.4. The van der Waals surface area contributed by atoms with Crippen LogP contribution in [0.2, 0.25) is 0 Å². The fraction of sp³-hybridized carbons (Fsp3) is 0.706. The molecule has 0 spiro atoms. The van der Waals surface area contributed by atoms with Crippen LogP contribution in [0.1, 0.15) is 51.2 Å². The van der Waals surface area contributed by atoms with Crippen LogP contribution in [0.15, 0.2) is 12.3 Å². The molecule has 2 heterocycles.